The van der Waals surface area contributed by atoms with Crippen molar-refractivity contribution in [3.8, 4) is 0 Å². The molecule has 76 valence electrons. The fourth-order valence-corrected chi connectivity index (χ4v) is 1.33. The van der Waals surface area contributed by atoms with Crippen LogP contribution in [0.25, 0.3) is 0 Å². The van der Waals surface area contributed by atoms with Gasteiger partial charge in [-0.3, -0.25) is 4.79 Å². The summed E-state index contributed by atoms with van der Waals surface area (Å²) < 4.78 is 4.54. The number of para-hydroxylation sites is 1. The zero-order valence-corrected chi connectivity index (χ0v) is 10.1. The van der Waals surface area contributed by atoms with Crippen LogP contribution in [0.3, 0.4) is 0 Å². The predicted molar refractivity (Wildman–Crippen MR) is 64.4 cm³/mol. The van der Waals surface area contributed by atoms with E-state index in [-0.39, 0.29) is 5.97 Å². The van der Waals surface area contributed by atoms with E-state index in [0.29, 0.717) is 13.0 Å². The van der Waals surface area contributed by atoms with Crippen molar-refractivity contribution in [2.24, 2.45) is 0 Å². The van der Waals surface area contributed by atoms with E-state index in [2.05, 4.69) is 3.07 Å². The van der Waals surface area contributed by atoms with Crippen LogP contribution in [-0.4, -0.2) is 19.6 Å². The van der Waals surface area contributed by atoms with Crippen molar-refractivity contribution in [3.05, 3.63) is 30.3 Å². The molecule has 4 heteroatoms. The predicted octanol–water partition coefficient (Wildman–Crippen LogP) is 2.41. The summed E-state index contributed by atoms with van der Waals surface area (Å²) in [7, 11) is 1.95. The van der Waals surface area contributed by atoms with Gasteiger partial charge in [-0.25, -0.2) is 0 Å². The lowest BCUT2D eigenvalue weighted by Crippen LogP contribution is -2.20. The number of hydrogen-bond acceptors (Lipinski definition) is 3. The minimum atomic E-state index is -0.187. The SMILES string of the molecule is CN(CCC(=O)OI)c1ccccc1. The third-order valence-corrected chi connectivity index (χ3v) is 2.43. The van der Waals surface area contributed by atoms with Gasteiger partial charge >= 0.3 is 5.97 Å². The Hall–Kier alpha value is -0.780. The van der Waals surface area contributed by atoms with Crippen LogP contribution < -0.4 is 4.90 Å². The van der Waals surface area contributed by atoms with Gasteiger partial charge in [0.1, 0.15) is 0 Å². The second-order valence-corrected chi connectivity index (χ2v) is 3.40. The second kappa shape index (κ2) is 5.85. The first-order chi connectivity index (χ1) is 6.74. The summed E-state index contributed by atoms with van der Waals surface area (Å²) in [5, 5.41) is 0. The summed E-state index contributed by atoms with van der Waals surface area (Å²) in [5.41, 5.74) is 1.11. The quantitative estimate of drug-likeness (QED) is 0.800. The number of hydrogen-bond donors (Lipinski definition) is 0. The summed E-state index contributed by atoms with van der Waals surface area (Å²) >= 11 is 1.61. The van der Waals surface area contributed by atoms with Gasteiger partial charge in [0.2, 0.25) is 0 Å². The zero-order valence-electron chi connectivity index (χ0n) is 7.94. The summed E-state index contributed by atoms with van der Waals surface area (Å²) in [6.45, 7) is 0.672. The van der Waals surface area contributed by atoms with Crippen molar-refractivity contribution in [2.75, 3.05) is 18.5 Å². The van der Waals surface area contributed by atoms with Gasteiger partial charge in [-0.15, -0.1) is 0 Å². The summed E-state index contributed by atoms with van der Waals surface area (Å²) in [6.07, 6.45) is 0.411. The van der Waals surface area contributed by atoms with Gasteiger partial charge < -0.3 is 7.97 Å². The molecule has 0 amide bonds. The van der Waals surface area contributed by atoms with E-state index in [4.69, 9.17) is 0 Å². The Morgan fingerprint density at radius 3 is 2.64 bits per heavy atom. The third kappa shape index (κ3) is 3.53. The maximum Gasteiger partial charge on any atom is 0.316 e. The molecule has 0 bridgehead atoms. The van der Waals surface area contributed by atoms with Gasteiger partial charge in [-0.2, -0.15) is 0 Å². The molecule has 1 aromatic carbocycles. The van der Waals surface area contributed by atoms with Crippen LogP contribution in [0, 0.1) is 0 Å². The zero-order chi connectivity index (χ0) is 10.4. The molecule has 1 aromatic rings. The Balaban J connectivity index is 2.43. The monoisotopic (exact) mass is 305 g/mol. The van der Waals surface area contributed by atoms with Crippen LogP contribution in [0.4, 0.5) is 5.69 Å². The largest absolute Gasteiger partial charge is 0.394 e. The van der Waals surface area contributed by atoms with Crippen molar-refractivity contribution < 1.29 is 7.86 Å². The standard InChI is InChI=1S/C10H12INO2/c1-12(8-7-10(13)14-11)9-5-3-2-4-6-9/h2-6H,7-8H2,1H3. The van der Waals surface area contributed by atoms with Crippen LogP contribution in [0.15, 0.2) is 30.3 Å². The molecule has 14 heavy (non-hydrogen) atoms. The van der Waals surface area contributed by atoms with Gasteiger partial charge in [0.25, 0.3) is 0 Å². The molecular weight excluding hydrogens is 293 g/mol. The molecule has 0 aliphatic carbocycles. The second-order valence-electron chi connectivity index (χ2n) is 2.96. The molecule has 0 aromatic heterocycles. The van der Waals surface area contributed by atoms with E-state index in [1.165, 1.54) is 0 Å². The number of anilines is 1. The van der Waals surface area contributed by atoms with Crippen molar-refractivity contribution in [1.29, 1.82) is 0 Å². The van der Waals surface area contributed by atoms with Crippen molar-refractivity contribution >= 4 is 34.7 Å². The topological polar surface area (TPSA) is 29.5 Å². The highest BCUT2D eigenvalue weighted by atomic mass is 127. The molecule has 0 radical (unpaired) electrons. The number of benzene rings is 1. The highest BCUT2D eigenvalue weighted by Crippen LogP contribution is 2.11. The summed E-state index contributed by atoms with van der Waals surface area (Å²) in [4.78, 5) is 12.9. The first kappa shape index (κ1) is 11.3. The lowest BCUT2D eigenvalue weighted by Gasteiger charge is -2.17. The molecule has 1 rings (SSSR count). The van der Waals surface area contributed by atoms with Crippen LogP contribution in [0.5, 0.6) is 0 Å². The first-order valence-electron chi connectivity index (χ1n) is 4.31. The molecule has 3 nitrogen and oxygen atoms in total. The minimum Gasteiger partial charge on any atom is -0.394 e. The van der Waals surface area contributed by atoms with E-state index in [0.717, 1.165) is 5.69 Å². The number of rotatable bonds is 4. The number of nitrogens with zero attached hydrogens (tertiary/aromatic N) is 1. The summed E-state index contributed by atoms with van der Waals surface area (Å²) in [6, 6.07) is 9.94. The average molecular weight is 305 g/mol. The van der Waals surface area contributed by atoms with Crippen LogP contribution in [-0.2, 0) is 7.86 Å². The highest BCUT2D eigenvalue weighted by Gasteiger charge is 2.04. The highest BCUT2D eigenvalue weighted by molar-refractivity contribution is 14.1. The molecule has 0 spiro atoms. The molecule has 0 N–H and O–H groups in total. The van der Waals surface area contributed by atoms with Crippen LogP contribution in [0.1, 0.15) is 6.42 Å². The smallest absolute Gasteiger partial charge is 0.316 e. The molecule has 0 unspecified atom stereocenters. The van der Waals surface area contributed by atoms with Gasteiger partial charge in [0.15, 0.2) is 23.0 Å². The minimum absolute atomic E-state index is 0.187. The summed E-state index contributed by atoms with van der Waals surface area (Å²) in [5.74, 6) is -0.187. The molecular formula is C10H12INO2. The van der Waals surface area contributed by atoms with Gasteiger partial charge in [0, 0.05) is 19.3 Å². The molecule has 0 fully saturated rings. The maximum atomic E-state index is 10.9. The van der Waals surface area contributed by atoms with Crippen molar-refractivity contribution in [1.82, 2.24) is 0 Å². The number of carbonyl (C=O) groups is 1. The molecule has 0 saturated heterocycles. The Kier molecular flexibility index (Phi) is 4.72. The first-order valence-corrected chi connectivity index (χ1v) is 5.19. The average Bonchev–Trinajstić information content (AvgIpc) is 2.26. The Labute approximate surface area is 97.7 Å². The fraction of sp³-hybridized carbons (Fsp3) is 0.300. The lowest BCUT2D eigenvalue weighted by atomic mass is 10.3. The number of carbonyl (C=O) groups excluding carboxylic acids is 1. The van der Waals surface area contributed by atoms with E-state index < -0.39 is 0 Å². The van der Waals surface area contributed by atoms with E-state index >= 15 is 0 Å². The number of halogens is 1. The van der Waals surface area contributed by atoms with Crippen LogP contribution in [0.2, 0.25) is 0 Å². The maximum absolute atomic E-state index is 10.9. The van der Waals surface area contributed by atoms with Gasteiger partial charge in [0.05, 0.1) is 6.42 Å². The molecule has 0 aliphatic rings. The van der Waals surface area contributed by atoms with Crippen molar-refractivity contribution in [3.63, 3.8) is 0 Å². The van der Waals surface area contributed by atoms with Crippen LogP contribution >= 0.6 is 23.0 Å². The normalized spacial score (nSPS) is 9.57. The lowest BCUT2D eigenvalue weighted by molar-refractivity contribution is -0.131. The van der Waals surface area contributed by atoms with E-state index in [1.54, 1.807) is 23.0 Å². The van der Waals surface area contributed by atoms with Crippen molar-refractivity contribution in [2.45, 2.75) is 6.42 Å². The van der Waals surface area contributed by atoms with E-state index in [1.807, 2.05) is 42.3 Å². The van der Waals surface area contributed by atoms with Gasteiger partial charge in [-0.1, -0.05) is 18.2 Å². The Morgan fingerprint density at radius 1 is 1.43 bits per heavy atom. The Morgan fingerprint density at radius 2 is 2.07 bits per heavy atom. The Bertz CT molecular complexity index is 289. The van der Waals surface area contributed by atoms with Gasteiger partial charge in [-0.05, 0) is 12.1 Å². The molecule has 0 aliphatic heterocycles. The van der Waals surface area contributed by atoms with E-state index in [9.17, 15) is 4.79 Å². The molecule has 0 atom stereocenters. The fourth-order valence-electron chi connectivity index (χ4n) is 1.11. The molecule has 0 heterocycles. The third-order valence-electron chi connectivity index (χ3n) is 1.93. The molecule has 0 saturated carbocycles.